The summed E-state index contributed by atoms with van der Waals surface area (Å²) in [6.07, 6.45) is 0.0238. The molecule has 1 aliphatic heterocycles. The molecule has 2 nitrogen and oxygen atoms in total. The Balaban J connectivity index is 2.22. The Morgan fingerprint density at radius 1 is 1.57 bits per heavy atom. The van der Waals surface area contributed by atoms with E-state index < -0.39 is 0 Å². The van der Waals surface area contributed by atoms with Crippen LogP contribution in [0.2, 0.25) is 0 Å². The van der Waals surface area contributed by atoms with E-state index in [-0.39, 0.29) is 11.8 Å². The van der Waals surface area contributed by atoms with Crippen molar-refractivity contribution >= 4 is 43.2 Å². The van der Waals surface area contributed by atoms with Crippen molar-refractivity contribution in [1.29, 1.82) is 0 Å². The van der Waals surface area contributed by atoms with Crippen LogP contribution >= 0.6 is 43.2 Å². The lowest BCUT2D eigenvalue weighted by molar-refractivity contribution is 0.101. The summed E-state index contributed by atoms with van der Waals surface area (Å²) >= 11 is 8.71. The molecule has 1 unspecified atom stereocenters. The molecule has 14 heavy (non-hydrogen) atoms. The molecule has 78 valence electrons. The maximum Gasteiger partial charge on any atom is 0.145 e. The average Bonchev–Trinajstić information content (AvgIpc) is 2.59. The lowest BCUT2D eigenvalue weighted by Gasteiger charge is -2.16. The molecule has 1 aromatic heterocycles. The van der Waals surface area contributed by atoms with Gasteiger partial charge in [0, 0.05) is 19.9 Å². The van der Waals surface area contributed by atoms with Gasteiger partial charge in [0.1, 0.15) is 6.23 Å². The zero-order valence-electron chi connectivity index (χ0n) is 7.93. The molecule has 0 spiro atoms. The number of nitrogens with one attached hydrogen (secondary N) is 1. The van der Waals surface area contributed by atoms with Crippen molar-refractivity contribution in [3.8, 4) is 0 Å². The molecule has 0 bridgehead atoms. The van der Waals surface area contributed by atoms with Crippen LogP contribution in [-0.2, 0) is 4.74 Å². The first-order chi connectivity index (χ1) is 6.49. The van der Waals surface area contributed by atoms with Gasteiger partial charge in [-0.05, 0) is 45.7 Å². The molecule has 2 rings (SSSR count). The summed E-state index contributed by atoms with van der Waals surface area (Å²) in [5, 5.41) is 5.50. The zero-order chi connectivity index (χ0) is 10.3. The van der Waals surface area contributed by atoms with Crippen LogP contribution < -0.4 is 5.32 Å². The van der Waals surface area contributed by atoms with Gasteiger partial charge in [-0.15, -0.1) is 11.3 Å². The molecular weight excluding hydrogens is 330 g/mol. The minimum atomic E-state index is 0.0238. The summed E-state index contributed by atoms with van der Waals surface area (Å²) < 4.78 is 7.88. The molecule has 5 heteroatoms. The molecule has 1 N–H and O–H groups in total. The van der Waals surface area contributed by atoms with Gasteiger partial charge in [0.05, 0.1) is 11.5 Å². The van der Waals surface area contributed by atoms with E-state index in [0.717, 1.165) is 15.6 Å². The second-order valence-corrected chi connectivity index (χ2v) is 6.54. The summed E-state index contributed by atoms with van der Waals surface area (Å²) in [4.78, 5) is 1.20. The summed E-state index contributed by atoms with van der Waals surface area (Å²) in [6, 6.07) is 0. The maximum atomic E-state index is 5.70. The molecule has 0 radical (unpaired) electrons. The lowest BCUT2D eigenvalue weighted by Crippen LogP contribution is -2.35. The first kappa shape index (κ1) is 11.1. The van der Waals surface area contributed by atoms with Gasteiger partial charge < -0.3 is 4.74 Å². The molecule has 0 aromatic carbocycles. The van der Waals surface area contributed by atoms with Gasteiger partial charge in [-0.25, -0.2) is 0 Å². The highest BCUT2D eigenvalue weighted by molar-refractivity contribution is 9.13. The highest BCUT2D eigenvalue weighted by Gasteiger charge is 2.33. The Hall–Kier alpha value is 0.580. The summed E-state index contributed by atoms with van der Waals surface area (Å²) in [6.45, 7) is 5.03. The van der Waals surface area contributed by atoms with Gasteiger partial charge in [0.25, 0.3) is 0 Å². The van der Waals surface area contributed by atoms with Gasteiger partial charge in [0.2, 0.25) is 0 Å². The van der Waals surface area contributed by atoms with Crippen LogP contribution in [0.1, 0.15) is 25.0 Å². The van der Waals surface area contributed by atoms with Crippen molar-refractivity contribution in [3.05, 3.63) is 19.2 Å². The zero-order valence-corrected chi connectivity index (χ0v) is 11.9. The predicted octanol–water partition coefficient (Wildman–Crippen LogP) is 3.67. The normalized spacial score (nSPS) is 25.6. The fourth-order valence-electron chi connectivity index (χ4n) is 1.38. The third-order valence-electron chi connectivity index (χ3n) is 2.09. The minimum absolute atomic E-state index is 0.0238. The summed E-state index contributed by atoms with van der Waals surface area (Å²) in [5.41, 5.74) is 0.0700. The molecule has 2 heterocycles. The van der Waals surface area contributed by atoms with Crippen LogP contribution in [0, 0.1) is 0 Å². The number of halogens is 2. The lowest BCUT2D eigenvalue weighted by atomic mass is 10.1. The molecular formula is C9H11Br2NOS. The number of hydrogen-bond acceptors (Lipinski definition) is 3. The molecule has 1 aromatic rings. The van der Waals surface area contributed by atoms with E-state index in [1.54, 1.807) is 11.3 Å². The predicted molar refractivity (Wildman–Crippen MR) is 65.6 cm³/mol. The van der Waals surface area contributed by atoms with Gasteiger partial charge in [-0.1, -0.05) is 0 Å². The molecule has 1 saturated heterocycles. The second-order valence-electron chi connectivity index (χ2n) is 3.98. The number of ether oxygens (including phenoxy) is 1. The van der Waals surface area contributed by atoms with Crippen molar-refractivity contribution in [2.24, 2.45) is 0 Å². The fraction of sp³-hybridized carbons (Fsp3) is 0.556. The van der Waals surface area contributed by atoms with Gasteiger partial charge >= 0.3 is 0 Å². The van der Waals surface area contributed by atoms with E-state index in [1.807, 2.05) is 0 Å². The van der Waals surface area contributed by atoms with Crippen LogP contribution in [-0.4, -0.2) is 12.1 Å². The highest BCUT2D eigenvalue weighted by Crippen LogP contribution is 2.39. The van der Waals surface area contributed by atoms with Crippen molar-refractivity contribution < 1.29 is 4.74 Å². The SMILES string of the molecule is CC1(C)COC(c2scc(Br)c2Br)N1. The molecule has 0 aliphatic carbocycles. The Bertz CT molecular complexity index is 351. The quantitative estimate of drug-likeness (QED) is 0.842. The number of thiophene rings is 1. The van der Waals surface area contributed by atoms with Gasteiger partial charge in [-0.2, -0.15) is 0 Å². The third kappa shape index (κ3) is 2.07. The first-order valence-electron chi connectivity index (χ1n) is 4.31. The number of hydrogen-bond donors (Lipinski definition) is 1. The Labute approximate surface area is 104 Å². The summed E-state index contributed by atoms with van der Waals surface area (Å²) in [5.74, 6) is 0. The van der Waals surface area contributed by atoms with E-state index in [1.165, 1.54) is 4.88 Å². The summed E-state index contributed by atoms with van der Waals surface area (Å²) in [7, 11) is 0. The van der Waals surface area contributed by atoms with E-state index in [0.29, 0.717) is 0 Å². The second kappa shape index (κ2) is 3.87. The monoisotopic (exact) mass is 339 g/mol. The molecule has 1 atom stereocenters. The third-order valence-corrected chi connectivity index (χ3v) is 5.69. The van der Waals surface area contributed by atoms with E-state index in [2.05, 4.69) is 56.4 Å². The minimum Gasteiger partial charge on any atom is -0.356 e. The molecule has 0 saturated carbocycles. The topological polar surface area (TPSA) is 21.3 Å². The maximum absolute atomic E-state index is 5.70. The van der Waals surface area contributed by atoms with Crippen LogP contribution in [0.3, 0.4) is 0 Å². The van der Waals surface area contributed by atoms with E-state index in [9.17, 15) is 0 Å². The standard InChI is InChI=1S/C9H11Br2NOS/c1-9(2)4-13-8(12-9)7-6(11)5(10)3-14-7/h3,8,12H,4H2,1-2H3. The van der Waals surface area contributed by atoms with E-state index >= 15 is 0 Å². The molecule has 0 amide bonds. The van der Waals surface area contributed by atoms with Crippen LogP contribution in [0.15, 0.2) is 14.3 Å². The van der Waals surface area contributed by atoms with Crippen LogP contribution in [0.4, 0.5) is 0 Å². The smallest absolute Gasteiger partial charge is 0.145 e. The Kier molecular flexibility index (Phi) is 3.06. The average molecular weight is 341 g/mol. The van der Waals surface area contributed by atoms with Crippen molar-refractivity contribution in [1.82, 2.24) is 5.32 Å². The first-order valence-corrected chi connectivity index (χ1v) is 6.78. The molecule has 1 aliphatic rings. The van der Waals surface area contributed by atoms with Crippen molar-refractivity contribution in [2.75, 3.05) is 6.61 Å². The van der Waals surface area contributed by atoms with Crippen molar-refractivity contribution in [3.63, 3.8) is 0 Å². The molecule has 1 fully saturated rings. The van der Waals surface area contributed by atoms with Crippen LogP contribution in [0.25, 0.3) is 0 Å². The fourth-order valence-corrected chi connectivity index (χ4v) is 3.58. The highest BCUT2D eigenvalue weighted by atomic mass is 79.9. The number of rotatable bonds is 1. The van der Waals surface area contributed by atoms with Gasteiger partial charge in [0.15, 0.2) is 0 Å². The Morgan fingerprint density at radius 2 is 2.29 bits per heavy atom. The van der Waals surface area contributed by atoms with Crippen molar-refractivity contribution in [2.45, 2.75) is 25.6 Å². The van der Waals surface area contributed by atoms with Gasteiger partial charge in [-0.3, -0.25) is 5.32 Å². The van der Waals surface area contributed by atoms with Crippen LogP contribution in [0.5, 0.6) is 0 Å². The van der Waals surface area contributed by atoms with E-state index in [4.69, 9.17) is 4.74 Å². The Morgan fingerprint density at radius 3 is 2.71 bits per heavy atom. The largest absolute Gasteiger partial charge is 0.356 e.